The van der Waals surface area contributed by atoms with Crippen LogP contribution in [0.4, 0.5) is 0 Å². The summed E-state index contributed by atoms with van der Waals surface area (Å²) in [5.41, 5.74) is 9.61. The second-order valence-corrected chi connectivity index (χ2v) is 7.82. The molecule has 2 heterocycles. The first kappa shape index (κ1) is 14.9. The van der Waals surface area contributed by atoms with Gasteiger partial charge in [-0.2, -0.15) is 0 Å². The molecule has 0 radical (unpaired) electrons. The molecule has 23 heavy (non-hydrogen) atoms. The van der Waals surface area contributed by atoms with Gasteiger partial charge in [0.05, 0.1) is 4.88 Å². The van der Waals surface area contributed by atoms with Crippen LogP contribution < -0.4 is 5.73 Å². The third-order valence-electron chi connectivity index (χ3n) is 5.42. The maximum Gasteiger partial charge on any atom is 0.264 e. The average Bonchev–Trinajstić information content (AvgIpc) is 3.25. The van der Waals surface area contributed by atoms with Crippen molar-refractivity contribution in [1.29, 1.82) is 0 Å². The summed E-state index contributed by atoms with van der Waals surface area (Å²) in [5, 5.41) is 2.02. The van der Waals surface area contributed by atoms with E-state index in [1.807, 2.05) is 10.3 Å². The fourth-order valence-electron chi connectivity index (χ4n) is 4.05. The second kappa shape index (κ2) is 5.77. The number of thiophene rings is 1. The number of hydrogen-bond donors (Lipinski definition) is 1. The van der Waals surface area contributed by atoms with E-state index < -0.39 is 0 Å². The van der Waals surface area contributed by atoms with E-state index in [-0.39, 0.29) is 11.9 Å². The maximum absolute atomic E-state index is 13.0. The number of nitrogens with two attached hydrogens (primary N) is 1. The normalized spacial score (nSPS) is 26.5. The molecule has 1 amide bonds. The molecular formula is C19H22N2OS. The Morgan fingerprint density at radius 1 is 1.17 bits per heavy atom. The summed E-state index contributed by atoms with van der Waals surface area (Å²) in [6.07, 6.45) is 2.29. The minimum Gasteiger partial charge on any atom is -0.337 e. The number of hydrogen-bond acceptors (Lipinski definition) is 3. The van der Waals surface area contributed by atoms with Crippen LogP contribution in [0.3, 0.4) is 0 Å². The molecule has 1 saturated carbocycles. The molecule has 3 unspecified atom stereocenters. The highest BCUT2D eigenvalue weighted by atomic mass is 32.1. The lowest BCUT2D eigenvalue weighted by atomic mass is 9.98. The van der Waals surface area contributed by atoms with E-state index in [9.17, 15) is 4.79 Å². The van der Waals surface area contributed by atoms with Crippen molar-refractivity contribution in [3.63, 3.8) is 0 Å². The Morgan fingerprint density at radius 3 is 2.70 bits per heavy atom. The molecule has 1 aliphatic heterocycles. The molecule has 120 valence electrons. The van der Waals surface area contributed by atoms with Crippen LogP contribution in [0.15, 0.2) is 35.7 Å². The number of benzene rings is 1. The van der Waals surface area contributed by atoms with Crippen molar-refractivity contribution in [2.75, 3.05) is 13.1 Å². The number of nitrogens with zero attached hydrogens (tertiary/aromatic N) is 1. The molecule has 1 aliphatic carbocycles. The summed E-state index contributed by atoms with van der Waals surface area (Å²) < 4.78 is 0. The van der Waals surface area contributed by atoms with E-state index in [0.29, 0.717) is 11.8 Å². The first-order valence-electron chi connectivity index (χ1n) is 8.33. The third-order valence-corrected chi connectivity index (χ3v) is 6.32. The van der Waals surface area contributed by atoms with Crippen LogP contribution in [-0.4, -0.2) is 29.9 Å². The standard InChI is InChI=1S/C19H22N2OS/c1-12-2-4-13(5-3-12)15-8-9-23-18(15)19(22)21-10-14-6-7-17(20)16(14)11-21/h2-5,8-9,14,16-17H,6-7,10-11,20H2,1H3. The monoisotopic (exact) mass is 326 g/mol. The number of fused-ring (bicyclic) bond motifs is 1. The molecule has 2 aromatic rings. The summed E-state index contributed by atoms with van der Waals surface area (Å²) in [6.45, 7) is 3.79. The van der Waals surface area contributed by atoms with Gasteiger partial charge in [0.1, 0.15) is 0 Å². The van der Waals surface area contributed by atoms with Gasteiger partial charge >= 0.3 is 0 Å². The smallest absolute Gasteiger partial charge is 0.264 e. The molecule has 1 saturated heterocycles. The average molecular weight is 326 g/mol. The lowest BCUT2D eigenvalue weighted by Crippen LogP contribution is -2.33. The van der Waals surface area contributed by atoms with Crippen molar-refractivity contribution in [2.24, 2.45) is 17.6 Å². The summed E-state index contributed by atoms with van der Waals surface area (Å²) >= 11 is 1.55. The molecule has 2 aliphatic rings. The van der Waals surface area contributed by atoms with Crippen LogP contribution in [0.5, 0.6) is 0 Å². The van der Waals surface area contributed by atoms with Crippen LogP contribution in [0.2, 0.25) is 0 Å². The van der Waals surface area contributed by atoms with E-state index in [4.69, 9.17) is 5.73 Å². The van der Waals surface area contributed by atoms with Gasteiger partial charge < -0.3 is 10.6 Å². The molecule has 1 aromatic carbocycles. The first-order chi connectivity index (χ1) is 11.1. The molecule has 4 heteroatoms. The van der Waals surface area contributed by atoms with Gasteiger partial charge in [0.15, 0.2) is 0 Å². The predicted molar refractivity (Wildman–Crippen MR) is 94.6 cm³/mol. The zero-order valence-electron chi connectivity index (χ0n) is 13.4. The summed E-state index contributed by atoms with van der Waals surface area (Å²) in [5.74, 6) is 1.29. The SMILES string of the molecule is Cc1ccc(-c2ccsc2C(=O)N2CC3CCC(N)C3C2)cc1. The number of aryl methyl sites for hydroxylation is 1. The van der Waals surface area contributed by atoms with Crippen molar-refractivity contribution >= 4 is 17.2 Å². The highest BCUT2D eigenvalue weighted by Crippen LogP contribution is 2.39. The minimum absolute atomic E-state index is 0.178. The van der Waals surface area contributed by atoms with Crippen molar-refractivity contribution in [3.05, 3.63) is 46.2 Å². The van der Waals surface area contributed by atoms with Crippen molar-refractivity contribution in [3.8, 4) is 11.1 Å². The Labute approximate surface area is 141 Å². The van der Waals surface area contributed by atoms with E-state index in [2.05, 4.69) is 37.3 Å². The molecule has 0 bridgehead atoms. The Balaban J connectivity index is 1.58. The highest BCUT2D eigenvalue weighted by Gasteiger charge is 2.43. The summed E-state index contributed by atoms with van der Waals surface area (Å²) in [6, 6.07) is 10.7. The van der Waals surface area contributed by atoms with Gasteiger partial charge in [0, 0.05) is 24.7 Å². The van der Waals surface area contributed by atoms with Gasteiger partial charge in [0.25, 0.3) is 5.91 Å². The molecule has 0 spiro atoms. The molecule has 4 rings (SSSR count). The van der Waals surface area contributed by atoms with Crippen molar-refractivity contribution in [1.82, 2.24) is 4.90 Å². The van der Waals surface area contributed by atoms with Gasteiger partial charge in [-0.25, -0.2) is 0 Å². The van der Waals surface area contributed by atoms with E-state index >= 15 is 0 Å². The maximum atomic E-state index is 13.0. The molecule has 2 fully saturated rings. The van der Waals surface area contributed by atoms with Crippen LogP contribution in [-0.2, 0) is 0 Å². The van der Waals surface area contributed by atoms with Gasteiger partial charge in [0.2, 0.25) is 0 Å². The third kappa shape index (κ3) is 2.60. The van der Waals surface area contributed by atoms with Crippen molar-refractivity contribution in [2.45, 2.75) is 25.8 Å². The Hall–Kier alpha value is -1.65. The van der Waals surface area contributed by atoms with Crippen LogP contribution in [0.1, 0.15) is 28.1 Å². The zero-order valence-corrected chi connectivity index (χ0v) is 14.2. The Kier molecular flexibility index (Phi) is 3.74. The van der Waals surface area contributed by atoms with E-state index in [1.54, 1.807) is 11.3 Å². The topological polar surface area (TPSA) is 46.3 Å². The minimum atomic E-state index is 0.178. The predicted octanol–water partition coefficient (Wildman–Crippen LogP) is 3.53. The van der Waals surface area contributed by atoms with Crippen LogP contribution in [0.25, 0.3) is 11.1 Å². The van der Waals surface area contributed by atoms with E-state index in [0.717, 1.165) is 35.5 Å². The molecular weight excluding hydrogens is 304 g/mol. The molecule has 3 atom stereocenters. The number of carbonyl (C=O) groups is 1. The number of carbonyl (C=O) groups excluding carboxylic acids is 1. The lowest BCUT2D eigenvalue weighted by molar-refractivity contribution is 0.0785. The first-order valence-corrected chi connectivity index (χ1v) is 9.21. The van der Waals surface area contributed by atoms with Gasteiger partial charge in [-0.1, -0.05) is 29.8 Å². The van der Waals surface area contributed by atoms with Gasteiger partial charge in [-0.15, -0.1) is 11.3 Å². The van der Waals surface area contributed by atoms with Gasteiger partial charge in [-0.3, -0.25) is 4.79 Å². The second-order valence-electron chi connectivity index (χ2n) is 6.90. The van der Waals surface area contributed by atoms with Crippen LogP contribution in [0, 0.1) is 18.8 Å². The number of likely N-dealkylation sites (tertiary alicyclic amines) is 1. The molecule has 3 nitrogen and oxygen atoms in total. The quantitative estimate of drug-likeness (QED) is 0.917. The number of amides is 1. The fraction of sp³-hybridized carbons (Fsp3) is 0.421. The fourth-order valence-corrected chi connectivity index (χ4v) is 4.94. The Morgan fingerprint density at radius 2 is 1.96 bits per heavy atom. The zero-order chi connectivity index (χ0) is 16.0. The lowest BCUT2D eigenvalue weighted by Gasteiger charge is -2.19. The largest absolute Gasteiger partial charge is 0.337 e. The molecule has 2 N–H and O–H groups in total. The summed E-state index contributed by atoms with van der Waals surface area (Å²) in [4.78, 5) is 15.9. The number of rotatable bonds is 2. The van der Waals surface area contributed by atoms with E-state index in [1.165, 1.54) is 12.0 Å². The highest BCUT2D eigenvalue weighted by molar-refractivity contribution is 7.12. The van der Waals surface area contributed by atoms with Gasteiger partial charge in [-0.05, 0) is 48.6 Å². The Bertz CT molecular complexity index is 721. The molecule has 1 aromatic heterocycles. The van der Waals surface area contributed by atoms with Crippen LogP contribution >= 0.6 is 11.3 Å². The van der Waals surface area contributed by atoms with Crippen molar-refractivity contribution < 1.29 is 4.79 Å². The summed E-state index contributed by atoms with van der Waals surface area (Å²) in [7, 11) is 0.